The van der Waals surface area contributed by atoms with Crippen molar-refractivity contribution in [3.05, 3.63) is 71.4 Å². The first-order chi connectivity index (χ1) is 14.5. The minimum atomic E-state index is -0.133. The third-order valence-corrected chi connectivity index (χ3v) is 6.66. The topological polar surface area (TPSA) is 48.1 Å². The van der Waals surface area contributed by atoms with Gasteiger partial charge in [0.05, 0.1) is 5.56 Å². The molecule has 5 rings (SSSR count). The number of aromatic nitrogens is 1. The fourth-order valence-electron chi connectivity index (χ4n) is 4.61. The Morgan fingerprint density at radius 3 is 2.77 bits per heavy atom. The number of benzene rings is 3. The van der Waals surface area contributed by atoms with Crippen LogP contribution in [0.4, 0.5) is 5.69 Å². The van der Waals surface area contributed by atoms with Gasteiger partial charge in [0.15, 0.2) is 0 Å². The molecule has 0 fully saturated rings. The Labute approximate surface area is 181 Å². The number of aryl methyl sites for hydroxylation is 1. The molecule has 5 heteroatoms. The zero-order valence-electron chi connectivity index (χ0n) is 17.2. The molecule has 1 amide bonds. The highest BCUT2D eigenvalue weighted by atomic mass is 32.1. The zero-order chi connectivity index (χ0) is 20.8. The van der Waals surface area contributed by atoms with Crippen molar-refractivity contribution >= 4 is 45.9 Å². The van der Waals surface area contributed by atoms with E-state index in [0.717, 1.165) is 34.8 Å². The highest BCUT2D eigenvalue weighted by Gasteiger charge is 2.24. The molecule has 4 aromatic rings. The van der Waals surface area contributed by atoms with E-state index >= 15 is 0 Å². The van der Waals surface area contributed by atoms with E-state index in [4.69, 9.17) is 0 Å². The number of carbonyl (C=O) groups is 1. The Morgan fingerprint density at radius 1 is 1.10 bits per heavy atom. The van der Waals surface area contributed by atoms with E-state index in [1.165, 1.54) is 23.1 Å². The molecule has 30 heavy (non-hydrogen) atoms. The predicted octanol–water partition coefficient (Wildman–Crippen LogP) is 5.28. The van der Waals surface area contributed by atoms with Gasteiger partial charge in [-0.05, 0) is 74.0 Å². The number of likely N-dealkylation sites (N-methyl/N-ethyl adjacent to an activating group) is 1. The summed E-state index contributed by atoms with van der Waals surface area (Å²) in [7, 11) is 4.30. The minimum absolute atomic E-state index is 0.133. The Bertz CT molecular complexity index is 1270. The average Bonchev–Trinajstić information content (AvgIpc) is 3.10. The summed E-state index contributed by atoms with van der Waals surface area (Å²) in [5.41, 5.74) is 5.27. The van der Waals surface area contributed by atoms with Crippen LogP contribution in [0.5, 0.6) is 0 Å². The number of thiol groups is 1. The number of hydrogen-bond donors (Lipinski definition) is 3. The summed E-state index contributed by atoms with van der Waals surface area (Å²) in [5.74, 6) is -0.133. The monoisotopic (exact) mass is 415 g/mol. The van der Waals surface area contributed by atoms with Crippen molar-refractivity contribution in [2.75, 3.05) is 19.4 Å². The lowest BCUT2D eigenvalue weighted by atomic mass is 9.91. The van der Waals surface area contributed by atoms with Crippen molar-refractivity contribution in [2.45, 2.75) is 30.2 Å². The summed E-state index contributed by atoms with van der Waals surface area (Å²) < 4.78 is 0. The molecule has 0 saturated heterocycles. The second-order valence-corrected chi connectivity index (χ2v) is 8.82. The molecule has 152 valence electrons. The molecule has 1 aromatic heterocycles. The van der Waals surface area contributed by atoms with Crippen molar-refractivity contribution in [3.63, 3.8) is 0 Å². The smallest absolute Gasteiger partial charge is 0.257 e. The molecule has 0 radical (unpaired) electrons. The average molecular weight is 416 g/mol. The SMILES string of the molecule is CN(C)C1CCc2[nH]c3ccc(NC(=O)c4c(S)ccc5ccccc45)cc3c2C1. The number of amides is 1. The number of hydrogen-bond acceptors (Lipinski definition) is 3. The number of fused-ring (bicyclic) bond motifs is 4. The summed E-state index contributed by atoms with van der Waals surface area (Å²) in [6.45, 7) is 0. The highest BCUT2D eigenvalue weighted by Crippen LogP contribution is 2.33. The van der Waals surface area contributed by atoms with Crippen LogP contribution in [-0.4, -0.2) is 35.9 Å². The lowest BCUT2D eigenvalue weighted by Gasteiger charge is -2.28. The normalized spacial score (nSPS) is 16.2. The Balaban J connectivity index is 1.50. The highest BCUT2D eigenvalue weighted by molar-refractivity contribution is 7.80. The van der Waals surface area contributed by atoms with Crippen molar-refractivity contribution in [2.24, 2.45) is 0 Å². The standard InChI is InChI=1S/C25H25N3OS/c1-28(2)17-9-11-22-20(14-17)19-13-16(8-10-21(19)27-22)26-25(29)24-18-6-4-3-5-15(18)7-12-23(24)30/h3-8,10,12-13,17,27,30H,9,11,14H2,1-2H3,(H,26,29). The number of anilines is 1. The number of nitrogens with zero attached hydrogens (tertiary/aromatic N) is 1. The van der Waals surface area contributed by atoms with Gasteiger partial charge in [-0.25, -0.2) is 0 Å². The summed E-state index contributed by atoms with van der Waals surface area (Å²) in [6.07, 6.45) is 3.26. The third kappa shape index (κ3) is 3.28. The van der Waals surface area contributed by atoms with E-state index < -0.39 is 0 Å². The fraction of sp³-hybridized carbons (Fsp3) is 0.240. The number of H-pyrrole nitrogens is 1. The lowest BCUT2D eigenvalue weighted by Crippen LogP contribution is -2.33. The van der Waals surface area contributed by atoms with Gasteiger partial charge in [-0.3, -0.25) is 4.79 Å². The van der Waals surface area contributed by atoms with Crippen LogP contribution in [0.1, 0.15) is 28.0 Å². The van der Waals surface area contributed by atoms with Crippen LogP contribution < -0.4 is 5.32 Å². The van der Waals surface area contributed by atoms with Crippen molar-refractivity contribution < 1.29 is 4.79 Å². The Kier molecular flexibility index (Phi) is 4.80. The molecule has 1 unspecified atom stereocenters. The van der Waals surface area contributed by atoms with Gasteiger partial charge in [-0.1, -0.05) is 30.3 Å². The Morgan fingerprint density at radius 2 is 1.93 bits per heavy atom. The predicted molar refractivity (Wildman–Crippen MR) is 127 cm³/mol. The molecular weight excluding hydrogens is 390 g/mol. The van der Waals surface area contributed by atoms with Gasteiger partial charge in [0.1, 0.15) is 0 Å². The van der Waals surface area contributed by atoms with Crippen LogP contribution in [0.15, 0.2) is 59.5 Å². The summed E-state index contributed by atoms with van der Waals surface area (Å²) in [6, 6.07) is 18.5. The summed E-state index contributed by atoms with van der Waals surface area (Å²) >= 11 is 4.55. The summed E-state index contributed by atoms with van der Waals surface area (Å²) in [5, 5.41) is 6.25. The van der Waals surface area contributed by atoms with Crippen molar-refractivity contribution in [3.8, 4) is 0 Å². The first-order valence-corrected chi connectivity index (χ1v) is 10.8. The zero-order valence-corrected chi connectivity index (χ0v) is 18.1. The maximum absolute atomic E-state index is 13.2. The van der Waals surface area contributed by atoms with E-state index in [2.05, 4.69) is 54.1 Å². The molecular formula is C25H25N3OS. The maximum Gasteiger partial charge on any atom is 0.257 e. The molecule has 3 aromatic carbocycles. The molecule has 1 atom stereocenters. The van der Waals surface area contributed by atoms with Gasteiger partial charge in [-0.15, -0.1) is 12.6 Å². The maximum atomic E-state index is 13.2. The molecule has 0 saturated carbocycles. The van der Waals surface area contributed by atoms with Gasteiger partial charge in [0.25, 0.3) is 5.91 Å². The van der Waals surface area contributed by atoms with Crippen LogP contribution in [-0.2, 0) is 12.8 Å². The minimum Gasteiger partial charge on any atom is -0.358 e. The molecule has 1 heterocycles. The largest absolute Gasteiger partial charge is 0.358 e. The van der Waals surface area contributed by atoms with E-state index in [1.807, 2.05) is 42.5 Å². The lowest BCUT2D eigenvalue weighted by molar-refractivity contribution is 0.102. The third-order valence-electron chi connectivity index (χ3n) is 6.28. The number of rotatable bonds is 3. The van der Waals surface area contributed by atoms with E-state index in [-0.39, 0.29) is 5.91 Å². The van der Waals surface area contributed by atoms with Crippen LogP contribution in [0.2, 0.25) is 0 Å². The van der Waals surface area contributed by atoms with Crippen LogP contribution >= 0.6 is 12.6 Å². The molecule has 0 aliphatic heterocycles. The van der Waals surface area contributed by atoms with E-state index in [1.54, 1.807) is 0 Å². The number of carbonyl (C=O) groups excluding carboxylic acids is 1. The second-order valence-electron chi connectivity index (χ2n) is 8.34. The van der Waals surface area contributed by atoms with Crippen molar-refractivity contribution in [1.82, 2.24) is 9.88 Å². The van der Waals surface area contributed by atoms with Crippen LogP contribution in [0.25, 0.3) is 21.7 Å². The second kappa shape index (κ2) is 7.49. The molecule has 2 N–H and O–H groups in total. The van der Waals surface area contributed by atoms with E-state index in [0.29, 0.717) is 16.5 Å². The van der Waals surface area contributed by atoms with Gasteiger partial charge in [-0.2, -0.15) is 0 Å². The van der Waals surface area contributed by atoms with Gasteiger partial charge < -0.3 is 15.2 Å². The van der Waals surface area contributed by atoms with Crippen LogP contribution in [0.3, 0.4) is 0 Å². The number of aromatic amines is 1. The van der Waals surface area contributed by atoms with Gasteiger partial charge in [0, 0.05) is 33.2 Å². The molecule has 4 nitrogen and oxygen atoms in total. The first kappa shape index (κ1) is 19.2. The van der Waals surface area contributed by atoms with Crippen LogP contribution in [0, 0.1) is 0 Å². The van der Waals surface area contributed by atoms with Gasteiger partial charge in [0.2, 0.25) is 0 Å². The Hall–Kier alpha value is -2.76. The fourth-order valence-corrected chi connectivity index (χ4v) is 4.91. The summed E-state index contributed by atoms with van der Waals surface area (Å²) in [4.78, 5) is 19.7. The quantitative estimate of drug-likeness (QED) is 0.399. The molecule has 0 bridgehead atoms. The molecule has 1 aliphatic carbocycles. The first-order valence-electron chi connectivity index (χ1n) is 10.3. The molecule has 1 aliphatic rings. The van der Waals surface area contributed by atoms with Crippen molar-refractivity contribution in [1.29, 1.82) is 0 Å². The number of nitrogens with one attached hydrogen (secondary N) is 2. The van der Waals surface area contributed by atoms with E-state index in [9.17, 15) is 4.79 Å². The van der Waals surface area contributed by atoms with Gasteiger partial charge >= 0.3 is 0 Å². The molecule has 0 spiro atoms.